The first-order chi connectivity index (χ1) is 7.68. The minimum atomic E-state index is -0.412. The Hall–Kier alpha value is -0.420. The van der Waals surface area contributed by atoms with Crippen LogP contribution in [0.4, 0.5) is 0 Å². The van der Waals surface area contributed by atoms with E-state index in [1.54, 1.807) is 11.3 Å². The van der Waals surface area contributed by atoms with E-state index < -0.39 is 6.10 Å². The average Bonchev–Trinajstić information content (AvgIpc) is 2.74. The molecule has 0 amide bonds. The summed E-state index contributed by atoms with van der Waals surface area (Å²) in [5, 5.41) is 17.0. The lowest BCUT2D eigenvalue weighted by molar-refractivity contribution is 0.00652. The first kappa shape index (κ1) is 13.6. The highest BCUT2D eigenvalue weighted by Gasteiger charge is 2.04. The van der Waals surface area contributed by atoms with E-state index in [1.807, 2.05) is 13.8 Å². The van der Waals surface area contributed by atoms with Crippen molar-refractivity contribution in [1.29, 1.82) is 0 Å². The van der Waals surface area contributed by atoms with Gasteiger partial charge >= 0.3 is 0 Å². The first-order valence-electron chi connectivity index (χ1n) is 5.70. The number of rotatable bonds is 8. The predicted molar refractivity (Wildman–Crippen MR) is 68.0 cm³/mol. The summed E-state index contributed by atoms with van der Waals surface area (Å²) in [5.41, 5.74) is 1.35. The van der Waals surface area contributed by atoms with Gasteiger partial charge in [0.1, 0.15) is 0 Å². The minimum absolute atomic E-state index is 0.181. The third-order valence-electron chi connectivity index (χ3n) is 2.17. The van der Waals surface area contributed by atoms with Gasteiger partial charge in [0.25, 0.3) is 0 Å². The van der Waals surface area contributed by atoms with E-state index in [2.05, 4.69) is 22.1 Å². The normalized spacial score (nSPS) is 13.2. The van der Waals surface area contributed by atoms with Crippen LogP contribution in [0.25, 0.3) is 0 Å². The molecule has 3 nitrogen and oxygen atoms in total. The number of ether oxygens (including phenoxy) is 1. The van der Waals surface area contributed by atoms with Crippen LogP contribution in [0.2, 0.25) is 0 Å². The Morgan fingerprint density at radius 3 is 2.94 bits per heavy atom. The van der Waals surface area contributed by atoms with Crippen molar-refractivity contribution in [3.63, 3.8) is 0 Å². The summed E-state index contributed by atoms with van der Waals surface area (Å²) in [5.74, 6) is 0. The number of hydrogen-bond donors (Lipinski definition) is 2. The van der Waals surface area contributed by atoms with Gasteiger partial charge in [-0.05, 0) is 49.2 Å². The lowest BCUT2D eigenvalue weighted by Crippen LogP contribution is -2.32. The van der Waals surface area contributed by atoms with Crippen LogP contribution >= 0.6 is 11.3 Å². The second-order valence-corrected chi connectivity index (χ2v) is 4.90. The van der Waals surface area contributed by atoms with Crippen molar-refractivity contribution in [3.05, 3.63) is 22.4 Å². The van der Waals surface area contributed by atoms with Gasteiger partial charge in [-0.15, -0.1) is 0 Å². The molecule has 1 aromatic heterocycles. The van der Waals surface area contributed by atoms with E-state index in [0.29, 0.717) is 13.2 Å². The molecule has 1 aromatic rings. The maximum absolute atomic E-state index is 9.57. The second-order valence-electron chi connectivity index (χ2n) is 4.12. The number of aliphatic hydroxyl groups excluding tert-OH is 1. The molecule has 0 aliphatic rings. The van der Waals surface area contributed by atoms with Crippen LogP contribution < -0.4 is 5.32 Å². The fourth-order valence-electron chi connectivity index (χ4n) is 1.30. The fourth-order valence-corrected chi connectivity index (χ4v) is 2.00. The van der Waals surface area contributed by atoms with Crippen molar-refractivity contribution in [1.82, 2.24) is 5.32 Å². The van der Waals surface area contributed by atoms with Gasteiger partial charge in [-0.1, -0.05) is 0 Å². The van der Waals surface area contributed by atoms with Gasteiger partial charge in [0.05, 0.1) is 18.8 Å². The lowest BCUT2D eigenvalue weighted by atomic mass is 10.2. The summed E-state index contributed by atoms with van der Waals surface area (Å²) in [7, 11) is 0. The minimum Gasteiger partial charge on any atom is -0.389 e. The third-order valence-corrected chi connectivity index (χ3v) is 2.90. The lowest BCUT2D eigenvalue weighted by Gasteiger charge is -2.14. The molecule has 4 heteroatoms. The Labute approximate surface area is 101 Å². The molecule has 1 rings (SSSR count). The van der Waals surface area contributed by atoms with Crippen LogP contribution in [0.3, 0.4) is 0 Å². The molecule has 0 saturated carbocycles. The van der Waals surface area contributed by atoms with E-state index in [-0.39, 0.29) is 6.10 Å². The molecule has 0 aliphatic heterocycles. The maximum atomic E-state index is 9.57. The Kier molecular flexibility index (Phi) is 6.64. The van der Waals surface area contributed by atoms with E-state index >= 15 is 0 Å². The number of thiophene rings is 1. The molecule has 0 fully saturated rings. The summed E-state index contributed by atoms with van der Waals surface area (Å²) in [6.07, 6.45) is 0.784. The maximum Gasteiger partial charge on any atom is 0.0897 e. The molecule has 1 atom stereocenters. The van der Waals surface area contributed by atoms with Crippen molar-refractivity contribution in [2.24, 2.45) is 0 Å². The highest BCUT2D eigenvalue weighted by Crippen LogP contribution is 2.05. The van der Waals surface area contributed by atoms with Crippen molar-refractivity contribution in [2.75, 3.05) is 19.7 Å². The summed E-state index contributed by atoms with van der Waals surface area (Å²) in [4.78, 5) is 0. The van der Waals surface area contributed by atoms with E-state index in [9.17, 15) is 5.11 Å². The van der Waals surface area contributed by atoms with Crippen LogP contribution in [0.15, 0.2) is 16.8 Å². The van der Waals surface area contributed by atoms with Gasteiger partial charge in [-0.25, -0.2) is 0 Å². The molecule has 1 unspecified atom stereocenters. The molecule has 0 aromatic carbocycles. The molecule has 0 saturated heterocycles. The molecule has 92 valence electrons. The highest BCUT2D eigenvalue weighted by atomic mass is 32.1. The Morgan fingerprint density at radius 1 is 1.50 bits per heavy atom. The van der Waals surface area contributed by atoms with Crippen LogP contribution in [-0.4, -0.2) is 37.0 Å². The molecule has 0 radical (unpaired) electrons. The summed E-state index contributed by atoms with van der Waals surface area (Å²) >= 11 is 1.72. The van der Waals surface area contributed by atoms with E-state index in [1.165, 1.54) is 5.56 Å². The average molecular weight is 243 g/mol. The zero-order valence-corrected chi connectivity index (χ0v) is 10.8. The molecule has 1 heterocycles. The van der Waals surface area contributed by atoms with Crippen LogP contribution in [0, 0.1) is 0 Å². The van der Waals surface area contributed by atoms with Crippen LogP contribution in [-0.2, 0) is 11.2 Å². The quantitative estimate of drug-likeness (QED) is 0.682. The molecular weight excluding hydrogens is 222 g/mol. The molecule has 0 spiro atoms. The van der Waals surface area contributed by atoms with E-state index in [4.69, 9.17) is 4.74 Å². The standard InChI is InChI=1S/C12H21NO2S/c1-10(2)15-8-12(14)7-13-5-3-11-4-6-16-9-11/h4,6,9-10,12-14H,3,5,7-8H2,1-2H3. The first-order valence-corrected chi connectivity index (χ1v) is 6.64. The van der Waals surface area contributed by atoms with E-state index in [0.717, 1.165) is 13.0 Å². The Morgan fingerprint density at radius 2 is 2.31 bits per heavy atom. The molecule has 2 N–H and O–H groups in total. The second kappa shape index (κ2) is 7.79. The summed E-state index contributed by atoms with van der Waals surface area (Å²) in [6, 6.07) is 2.13. The van der Waals surface area contributed by atoms with Gasteiger partial charge in [0.15, 0.2) is 0 Å². The van der Waals surface area contributed by atoms with Crippen LogP contribution in [0.1, 0.15) is 19.4 Å². The van der Waals surface area contributed by atoms with Crippen molar-refractivity contribution in [3.8, 4) is 0 Å². The van der Waals surface area contributed by atoms with Crippen molar-refractivity contribution in [2.45, 2.75) is 32.5 Å². The highest BCUT2D eigenvalue weighted by molar-refractivity contribution is 7.07. The number of hydrogen-bond acceptors (Lipinski definition) is 4. The van der Waals surface area contributed by atoms with Crippen molar-refractivity contribution < 1.29 is 9.84 Å². The summed E-state index contributed by atoms with van der Waals surface area (Å²) in [6.45, 7) is 5.84. The number of nitrogens with one attached hydrogen (secondary N) is 1. The predicted octanol–water partition coefficient (Wildman–Crippen LogP) is 1.67. The molecule has 16 heavy (non-hydrogen) atoms. The molecule has 0 bridgehead atoms. The Bertz CT molecular complexity index is 262. The third kappa shape index (κ3) is 6.23. The van der Waals surface area contributed by atoms with Gasteiger partial charge in [-0.3, -0.25) is 0 Å². The molecular formula is C12H21NO2S. The SMILES string of the molecule is CC(C)OCC(O)CNCCc1ccsc1. The van der Waals surface area contributed by atoms with Gasteiger partial charge in [0, 0.05) is 6.54 Å². The van der Waals surface area contributed by atoms with Crippen LogP contribution in [0.5, 0.6) is 0 Å². The smallest absolute Gasteiger partial charge is 0.0897 e. The zero-order chi connectivity index (χ0) is 11.8. The monoisotopic (exact) mass is 243 g/mol. The van der Waals surface area contributed by atoms with Crippen molar-refractivity contribution >= 4 is 11.3 Å². The number of aliphatic hydroxyl groups is 1. The molecule has 0 aliphatic carbocycles. The fraction of sp³-hybridized carbons (Fsp3) is 0.667. The zero-order valence-electron chi connectivity index (χ0n) is 9.98. The van der Waals surface area contributed by atoms with Gasteiger partial charge < -0.3 is 15.2 Å². The van der Waals surface area contributed by atoms with Gasteiger partial charge in [0.2, 0.25) is 0 Å². The van der Waals surface area contributed by atoms with Gasteiger partial charge in [-0.2, -0.15) is 11.3 Å². The summed E-state index contributed by atoms with van der Waals surface area (Å²) < 4.78 is 5.32. The largest absolute Gasteiger partial charge is 0.389 e. The Balaban J connectivity index is 1.98. The topological polar surface area (TPSA) is 41.5 Å².